The Bertz CT molecular complexity index is 845. The van der Waals surface area contributed by atoms with E-state index >= 15 is 0 Å². The molecule has 1 aromatic rings. The lowest BCUT2D eigenvalue weighted by Crippen LogP contribution is -2.44. The molecule has 0 fully saturated rings. The summed E-state index contributed by atoms with van der Waals surface area (Å²) in [4.78, 5) is 18.7. The van der Waals surface area contributed by atoms with Gasteiger partial charge in [-0.1, -0.05) is 12.1 Å². The lowest BCUT2D eigenvalue weighted by atomic mass is 10.1. The normalized spacial score (nSPS) is 12.4. The molecular weight excluding hydrogens is 404 g/mol. The van der Waals surface area contributed by atoms with Crippen LogP contribution in [0.3, 0.4) is 0 Å². The van der Waals surface area contributed by atoms with Crippen LogP contribution in [-0.2, 0) is 21.1 Å². The van der Waals surface area contributed by atoms with Crippen molar-refractivity contribution in [2.45, 2.75) is 58.6 Å². The van der Waals surface area contributed by atoms with E-state index in [4.69, 9.17) is 4.74 Å². The van der Waals surface area contributed by atoms with Gasteiger partial charge in [-0.25, -0.2) is 18.2 Å². The molecule has 1 amide bonds. The third-order valence-electron chi connectivity index (χ3n) is 4.11. The fourth-order valence-electron chi connectivity index (χ4n) is 2.75. The van der Waals surface area contributed by atoms with Crippen molar-refractivity contribution in [3.8, 4) is 0 Å². The third kappa shape index (κ3) is 9.02. The minimum Gasteiger partial charge on any atom is -0.444 e. The molecule has 0 saturated carbocycles. The van der Waals surface area contributed by atoms with Gasteiger partial charge < -0.3 is 20.3 Å². The Morgan fingerprint density at radius 2 is 1.87 bits per heavy atom. The maximum Gasteiger partial charge on any atom is 0.410 e. The van der Waals surface area contributed by atoms with E-state index in [0.29, 0.717) is 49.1 Å². The fraction of sp³-hybridized carbons (Fsp3) is 0.619. The van der Waals surface area contributed by atoms with Gasteiger partial charge in [-0.2, -0.15) is 0 Å². The van der Waals surface area contributed by atoms with Gasteiger partial charge in [-0.05, 0) is 58.7 Å². The molecular formula is C21H36N4O4S. The maximum absolute atomic E-state index is 12.2. The standard InChI is InChI=1S/C21H36N4O4S/c1-8-22-19(23-12-13-25(9-2)20(26)29-21(4,5)6)24-15-17-10-11-18(16(3)14-17)30(7,27)28/h10-11,14H,8-9,12-13,15H2,1-7H3,(H2,22,23,24). The zero-order valence-electron chi connectivity index (χ0n) is 19.2. The minimum absolute atomic E-state index is 0.335. The predicted octanol–water partition coefficient (Wildman–Crippen LogP) is 2.71. The van der Waals surface area contributed by atoms with Crippen molar-refractivity contribution >= 4 is 21.9 Å². The number of nitrogens with one attached hydrogen (secondary N) is 2. The van der Waals surface area contributed by atoms with Crippen LogP contribution >= 0.6 is 0 Å². The van der Waals surface area contributed by atoms with Crippen molar-refractivity contribution < 1.29 is 17.9 Å². The van der Waals surface area contributed by atoms with Crippen molar-refractivity contribution in [1.82, 2.24) is 15.5 Å². The van der Waals surface area contributed by atoms with Gasteiger partial charge in [-0.3, -0.25) is 0 Å². The molecule has 1 rings (SSSR count). The smallest absolute Gasteiger partial charge is 0.410 e. The lowest BCUT2D eigenvalue weighted by Gasteiger charge is -2.26. The highest BCUT2D eigenvalue weighted by atomic mass is 32.2. The van der Waals surface area contributed by atoms with Crippen LogP contribution in [0.4, 0.5) is 4.79 Å². The van der Waals surface area contributed by atoms with E-state index < -0.39 is 15.4 Å². The number of amides is 1. The summed E-state index contributed by atoms with van der Waals surface area (Å²) in [6.07, 6.45) is 0.868. The molecule has 9 heteroatoms. The third-order valence-corrected chi connectivity index (χ3v) is 5.37. The lowest BCUT2D eigenvalue weighted by molar-refractivity contribution is 0.0264. The Labute approximate surface area is 181 Å². The molecule has 170 valence electrons. The number of rotatable bonds is 8. The van der Waals surface area contributed by atoms with Crippen LogP contribution in [0, 0.1) is 6.92 Å². The molecule has 1 aromatic carbocycles. The number of nitrogens with zero attached hydrogens (tertiary/aromatic N) is 2. The molecule has 0 bridgehead atoms. The van der Waals surface area contributed by atoms with Crippen LogP contribution in [0.25, 0.3) is 0 Å². The number of guanidine groups is 1. The van der Waals surface area contributed by atoms with E-state index in [2.05, 4.69) is 15.6 Å². The summed E-state index contributed by atoms with van der Waals surface area (Å²) in [6.45, 7) is 13.9. The summed E-state index contributed by atoms with van der Waals surface area (Å²) >= 11 is 0. The number of aryl methyl sites for hydroxylation is 1. The van der Waals surface area contributed by atoms with Crippen LogP contribution < -0.4 is 10.6 Å². The summed E-state index contributed by atoms with van der Waals surface area (Å²) in [5.41, 5.74) is 1.10. The van der Waals surface area contributed by atoms with Crippen molar-refractivity contribution in [2.75, 3.05) is 32.4 Å². The summed E-state index contributed by atoms with van der Waals surface area (Å²) in [6, 6.07) is 5.23. The minimum atomic E-state index is -3.23. The Hall–Kier alpha value is -2.29. The molecule has 30 heavy (non-hydrogen) atoms. The van der Waals surface area contributed by atoms with Crippen LogP contribution in [-0.4, -0.2) is 63.4 Å². The van der Waals surface area contributed by atoms with E-state index in [1.807, 2.05) is 40.7 Å². The molecule has 8 nitrogen and oxygen atoms in total. The topological polar surface area (TPSA) is 100 Å². The Morgan fingerprint density at radius 3 is 2.37 bits per heavy atom. The second kappa shape index (κ2) is 11.2. The number of likely N-dealkylation sites (N-methyl/N-ethyl adjacent to an activating group) is 1. The number of sulfone groups is 1. The molecule has 0 heterocycles. The Kier molecular flexibility index (Phi) is 9.61. The van der Waals surface area contributed by atoms with Crippen LogP contribution in [0.1, 0.15) is 45.7 Å². The quantitative estimate of drug-likeness (QED) is 0.476. The first-order chi connectivity index (χ1) is 13.9. The zero-order chi connectivity index (χ0) is 22.9. The van der Waals surface area contributed by atoms with Crippen molar-refractivity contribution in [1.29, 1.82) is 0 Å². The molecule has 0 aliphatic carbocycles. The number of hydrogen-bond donors (Lipinski definition) is 2. The summed E-state index contributed by atoms with van der Waals surface area (Å²) in [5, 5.41) is 6.39. The van der Waals surface area contributed by atoms with Gasteiger partial charge in [0.25, 0.3) is 0 Å². The van der Waals surface area contributed by atoms with Gasteiger partial charge >= 0.3 is 6.09 Å². The molecule has 0 atom stereocenters. The SMILES string of the molecule is CCNC(=NCc1ccc(S(C)(=O)=O)c(C)c1)NCCN(CC)C(=O)OC(C)(C)C. The van der Waals surface area contributed by atoms with E-state index in [-0.39, 0.29) is 6.09 Å². The van der Waals surface area contributed by atoms with E-state index in [1.165, 1.54) is 6.26 Å². The van der Waals surface area contributed by atoms with E-state index in [9.17, 15) is 13.2 Å². The van der Waals surface area contributed by atoms with Gasteiger partial charge in [-0.15, -0.1) is 0 Å². The largest absolute Gasteiger partial charge is 0.444 e. The Balaban J connectivity index is 2.72. The molecule has 0 spiro atoms. The molecule has 0 radical (unpaired) electrons. The number of hydrogen-bond acceptors (Lipinski definition) is 5. The summed E-state index contributed by atoms with van der Waals surface area (Å²) < 4.78 is 28.9. The summed E-state index contributed by atoms with van der Waals surface area (Å²) in [7, 11) is -3.23. The van der Waals surface area contributed by atoms with Gasteiger partial charge in [0.05, 0.1) is 11.4 Å². The number of ether oxygens (including phenoxy) is 1. The average molecular weight is 441 g/mol. The van der Waals surface area contributed by atoms with E-state index in [1.54, 1.807) is 24.0 Å². The highest BCUT2D eigenvalue weighted by molar-refractivity contribution is 7.90. The van der Waals surface area contributed by atoms with Crippen molar-refractivity contribution in [3.05, 3.63) is 29.3 Å². The number of carbonyl (C=O) groups excluding carboxylic acids is 1. The molecule has 0 unspecified atom stereocenters. The molecule has 0 aliphatic heterocycles. The first kappa shape index (κ1) is 25.7. The molecule has 2 N–H and O–H groups in total. The van der Waals surface area contributed by atoms with Crippen LogP contribution in [0.15, 0.2) is 28.1 Å². The zero-order valence-corrected chi connectivity index (χ0v) is 20.0. The van der Waals surface area contributed by atoms with Crippen LogP contribution in [0.5, 0.6) is 0 Å². The molecule has 0 aliphatic rings. The van der Waals surface area contributed by atoms with Gasteiger partial charge in [0.1, 0.15) is 5.60 Å². The highest BCUT2D eigenvalue weighted by Gasteiger charge is 2.20. The maximum atomic E-state index is 12.2. The predicted molar refractivity (Wildman–Crippen MR) is 121 cm³/mol. The average Bonchev–Trinajstić information content (AvgIpc) is 2.60. The van der Waals surface area contributed by atoms with E-state index in [0.717, 1.165) is 5.56 Å². The monoisotopic (exact) mass is 440 g/mol. The van der Waals surface area contributed by atoms with Crippen molar-refractivity contribution in [2.24, 2.45) is 4.99 Å². The number of carbonyl (C=O) groups is 1. The van der Waals surface area contributed by atoms with Gasteiger partial charge in [0.2, 0.25) is 0 Å². The molecule has 0 aromatic heterocycles. The Morgan fingerprint density at radius 1 is 1.20 bits per heavy atom. The van der Waals surface area contributed by atoms with Gasteiger partial charge in [0.15, 0.2) is 15.8 Å². The number of benzene rings is 1. The molecule has 0 saturated heterocycles. The van der Waals surface area contributed by atoms with Gasteiger partial charge in [0, 0.05) is 32.4 Å². The van der Waals surface area contributed by atoms with Crippen molar-refractivity contribution in [3.63, 3.8) is 0 Å². The fourth-order valence-corrected chi connectivity index (χ4v) is 3.71. The second-order valence-electron chi connectivity index (χ2n) is 8.05. The first-order valence-corrected chi connectivity index (χ1v) is 12.1. The van der Waals surface area contributed by atoms with Crippen LogP contribution in [0.2, 0.25) is 0 Å². The number of aliphatic imine (C=N–C) groups is 1. The highest BCUT2D eigenvalue weighted by Crippen LogP contribution is 2.17. The second-order valence-corrected chi connectivity index (χ2v) is 10.0. The first-order valence-electron chi connectivity index (χ1n) is 10.2. The summed E-state index contributed by atoms with van der Waals surface area (Å²) in [5.74, 6) is 0.627.